The second-order valence-corrected chi connectivity index (χ2v) is 15.0. The number of thiol groups is 1. The Balaban J connectivity index is 1.43. The van der Waals surface area contributed by atoms with Gasteiger partial charge in [0, 0.05) is 22.5 Å². The zero-order chi connectivity index (χ0) is 28.9. The van der Waals surface area contributed by atoms with E-state index in [2.05, 4.69) is 159 Å². The molecule has 1 atom stereocenters. The van der Waals surface area contributed by atoms with Crippen LogP contribution in [0.15, 0.2) is 138 Å². The zero-order valence-electron chi connectivity index (χ0n) is 24.6. The van der Waals surface area contributed by atoms with Gasteiger partial charge in [-0.15, -0.1) is 0 Å². The van der Waals surface area contributed by atoms with Crippen LogP contribution in [-0.2, 0) is 17.2 Å². The maximum atomic E-state index is 2.52. The fraction of sp³-hybridized carbons (Fsp3) is 0.122. The molecule has 2 heteroatoms. The van der Waals surface area contributed by atoms with E-state index in [1.54, 1.807) is 0 Å². The summed E-state index contributed by atoms with van der Waals surface area (Å²) < 4.78 is 2.74. The Labute approximate surface area is 256 Å². The van der Waals surface area contributed by atoms with Crippen LogP contribution < -0.4 is 0 Å². The van der Waals surface area contributed by atoms with Crippen LogP contribution in [-0.4, -0.2) is 9.31 Å². The fourth-order valence-electron chi connectivity index (χ4n) is 7.97. The maximum Gasteiger partial charge on any atom is 0.153 e. The van der Waals surface area contributed by atoms with Gasteiger partial charge in [0.05, 0.1) is 22.1 Å². The minimum Gasteiger partial charge on any atom is -0.309 e. The van der Waals surface area contributed by atoms with Gasteiger partial charge in [0.1, 0.15) is 4.75 Å². The van der Waals surface area contributed by atoms with E-state index >= 15 is 0 Å². The van der Waals surface area contributed by atoms with E-state index < -0.39 is 5.41 Å². The second kappa shape index (κ2) is 8.75. The number of fused-ring (bicyclic) bond motifs is 12. The Morgan fingerprint density at radius 1 is 0.535 bits per heavy atom. The first-order valence-corrected chi connectivity index (χ1v) is 16.1. The molecule has 0 saturated carbocycles. The van der Waals surface area contributed by atoms with Gasteiger partial charge in [-0.1, -0.05) is 97.1 Å². The molecule has 2 aliphatic rings. The Morgan fingerprint density at radius 2 is 1.16 bits per heavy atom. The summed E-state index contributed by atoms with van der Waals surface area (Å²) in [5.41, 5.74) is 14.1. The van der Waals surface area contributed by atoms with Crippen molar-refractivity contribution in [3.8, 4) is 27.9 Å². The van der Waals surface area contributed by atoms with Crippen LogP contribution in [0.25, 0.3) is 49.7 Å². The average Bonchev–Trinajstić information content (AvgIpc) is 3.52. The van der Waals surface area contributed by atoms with Crippen molar-refractivity contribution in [1.82, 2.24) is 4.57 Å². The maximum absolute atomic E-state index is 2.52. The van der Waals surface area contributed by atoms with Crippen LogP contribution in [0.4, 0.5) is 0 Å². The highest BCUT2D eigenvalue weighted by Crippen LogP contribution is 2.62. The molecule has 1 aliphatic carbocycles. The summed E-state index contributed by atoms with van der Waals surface area (Å²) in [6.07, 6.45) is 0. The largest absolute Gasteiger partial charge is 0.309 e. The number of rotatable bonds is 2. The molecular formula is C41H32NS+. The monoisotopic (exact) mass is 570 g/mol. The van der Waals surface area contributed by atoms with Crippen molar-refractivity contribution >= 4 is 33.6 Å². The van der Waals surface area contributed by atoms with Crippen LogP contribution in [0.3, 0.4) is 0 Å². The van der Waals surface area contributed by atoms with Crippen molar-refractivity contribution in [2.75, 3.05) is 0 Å². The highest BCUT2D eigenvalue weighted by atomic mass is 32.2. The highest BCUT2D eigenvalue weighted by molar-refractivity contribution is 7.80. The number of benzene rings is 6. The average molecular weight is 571 g/mol. The molecule has 9 rings (SSSR count). The van der Waals surface area contributed by atoms with Gasteiger partial charge in [-0.3, -0.25) is 0 Å². The number of aromatic nitrogens is 1. The van der Waals surface area contributed by atoms with Crippen LogP contribution >= 0.6 is 0 Å². The van der Waals surface area contributed by atoms with Crippen molar-refractivity contribution in [3.05, 3.63) is 156 Å². The van der Waals surface area contributed by atoms with Crippen LogP contribution in [0.2, 0.25) is 0 Å². The molecule has 0 amide bonds. The van der Waals surface area contributed by atoms with Crippen molar-refractivity contribution in [2.24, 2.45) is 0 Å². The van der Waals surface area contributed by atoms with Gasteiger partial charge < -0.3 is 4.57 Å². The quantitative estimate of drug-likeness (QED) is 0.144. The van der Waals surface area contributed by atoms with E-state index in [1.165, 1.54) is 88.7 Å². The number of hydrogen-bond acceptors (Lipinski definition) is 0. The summed E-state index contributed by atoms with van der Waals surface area (Å²) in [5, 5.41) is 2.62. The molecule has 1 aromatic heterocycles. The van der Waals surface area contributed by atoms with E-state index in [9.17, 15) is 0 Å². The zero-order valence-corrected chi connectivity index (χ0v) is 25.5. The van der Waals surface area contributed by atoms with E-state index in [0.717, 1.165) is 0 Å². The molecule has 0 bridgehead atoms. The molecule has 1 spiro atoms. The van der Waals surface area contributed by atoms with Crippen LogP contribution in [0.1, 0.15) is 43.0 Å². The lowest BCUT2D eigenvalue weighted by Crippen LogP contribution is -2.34. The molecule has 43 heavy (non-hydrogen) atoms. The van der Waals surface area contributed by atoms with Gasteiger partial charge in [0.2, 0.25) is 0 Å². The van der Waals surface area contributed by atoms with Gasteiger partial charge in [-0.2, -0.15) is 0 Å². The minimum absolute atomic E-state index is 0.226. The second-order valence-electron chi connectivity index (χ2n) is 12.9. The topological polar surface area (TPSA) is 4.93 Å². The van der Waals surface area contributed by atoms with Crippen molar-refractivity contribution in [1.29, 1.82) is 0 Å². The Kier molecular flexibility index (Phi) is 5.09. The van der Waals surface area contributed by atoms with Crippen LogP contribution in [0, 0.1) is 0 Å². The number of nitrogens with zero attached hydrogens (tertiary/aromatic N) is 1. The van der Waals surface area contributed by atoms with Gasteiger partial charge in [0.15, 0.2) is 4.90 Å². The van der Waals surface area contributed by atoms with Gasteiger partial charge in [0.25, 0.3) is 0 Å². The standard InChI is InChI=1S/C41H31NS/c1-40(2,3)43-27-24-22-26(23-25-27)28-14-10-15-31-29-12-4-6-17-33(29)41(38(28)31)34-18-7-9-21-37(34)42-36-20-8-5-13-30(36)32-16-11-19-35(41)39(32)42/h4-25H,1-3H3/p+1. The van der Waals surface area contributed by atoms with Crippen LogP contribution in [0.5, 0.6) is 0 Å². The predicted molar refractivity (Wildman–Crippen MR) is 184 cm³/mol. The normalized spacial score (nSPS) is 16.4. The van der Waals surface area contributed by atoms with Crippen molar-refractivity contribution in [2.45, 2.75) is 35.8 Å². The summed E-state index contributed by atoms with van der Waals surface area (Å²) in [6, 6.07) is 50.3. The molecule has 0 N–H and O–H groups in total. The molecule has 0 radical (unpaired) electrons. The Morgan fingerprint density at radius 3 is 2.00 bits per heavy atom. The lowest BCUT2D eigenvalue weighted by atomic mass is 9.64. The number of hydrogen-bond donors (Lipinski definition) is 0. The molecule has 1 nitrogen and oxygen atoms in total. The first-order valence-electron chi connectivity index (χ1n) is 15.2. The Bertz CT molecular complexity index is 2250. The van der Waals surface area contributed by atoms with E-state index in [4.69, 9.17) is 0 Å². The smallest absolute Gasteiger partial charge is 0.153 e. The molecule has 2 heterocycles. The summed E-state index contributed by atoms with van der Waals surface area (Å²) in [7, 11) is 0. The summed E-state index contributed by atoms with van der Waals surface area (Å²) in [4.78, 5) is 1.36. The lowest BCUT2D eigenvalue weighted by molar-refractivity contribution is 0.750. The molecule has 0 fully saturated rings. The van der Waals surface area contributed by atoms with Gasteiger partial charge in [-0.05, 0) is 102 Å². The molecular weight excluding hydrogens is 539 g/mol. The molecule has 1 unspecified atom stereocenters. The highest BCUT2D eigenvalue weighted by Gasteiger charge is 2.51. The third kappa shape index (κ3) is 3.30. The first kappa shape index (κ1) is 25.0. The molecule has 206 valence electrons. The third-order valence-electron chi connectivity index (χ3n) is 9.35. The molecule has 1 aliphatic heterocycles. The third-order valence-corrected chi connectivity index (χ3v) is 10.6. The van der Waals surface area contributed by atoms with E-state index in [0.29, 0.717) is 0 Å². The van der Waals surface area contributed by atoms with E-state index in [-0.39, 0.29) is 4.75 Å². The minimum atomic E-state index is -0.439. The molecule has 6 aromatic carbocycles. The van der Waals surface area contributed by atoms with Gasteiger partial charge >= 0.3 is 0 Å². The van der Waals surface area contributed by atoms with E-state index in [1.807, 2.05) is 0 Å². The Hall–Kier alpha value is -4.53. The van der Waals surface area contributed by atoms with Gasteiger partial charge in [-0.25, -0.2) is 0 Å². The first-order chi connectivity index (χ1) is 21.0. The fourth-order valence-corrected chi connectivity index (χ4v) is 9.04. The summed E-state index contributed by atoms with van der Waals surface area (Å²) in [6.45, 7) is 6.90. The molecule has 0 saturated heterocycles. The predicted octanol–water partition coefficient (Wildman–Crippen LogP) is 10.1. The SMILES string of the molecule is CC(C)(C)[SH+]c1ccc(-c2cccc3c2C2(c4ccccc4-3)c3ccccc3-n3c4ccccc4c4cccc2c43)cc1. The van der Waals surface area contributed by atoms with Crippen molar-refractivity contribution in [3.63, 3.8) is 0 Å². The summed E-state index contributed by atoms with van der Waals surface area (Å²) >= 11 is 1.35. The van der Waals surface area contributed by atoms with Crippen molar-refractivity contribution < 1.29 is 0 Å². The number of para-hydroxylation sites is 3. The molecule has 7 aromatic rings. The summed E-state index contributed by atoms with van der Waals surface area (Å²) in [5.74, 6) is 0. The lowest BCUT2D eigenvalue weighted by Gasteiger charge is -2.40.